The summed E-state index contributed by atoms with van der Waals surface area (Å²) in [6, 6.07) is 8.50. The Bertz CT molecular complexity index is 441. The molecule has 0 aliphatic heterocycles. The van der Waals surface area contributed by atoms with E-state index in [1.165, 1.54) is 0 Å². The lowest BCUT2D eigenvalue weighted by atomic mass is 10.2. The number of amides is 1. The molecule has 0 aliphatic rings. The first-order valence-electron chi connectivity index (χ1n) is 4.45. The van der Waals surface area contributed by atoms with Gasteiger partial charge in [0.05, 0.1) is 5.16 Å². The standard InChI is InChI=1S/C10H7Cl3N2OS/c11-10(12,13)9(14-6-17)15-8(16)7-4-2-1-3-5-7/h1-5,9H,(H,15,16)/t9-/m0/s1. The van der Waals surface area contributed by atoms with E-state index in [0.717, 1.165) is 0 Å². The Morgan fingerprint density at radius 1 is 1.35 bits per heavy atom. The third kappa shape index (κ3) is 4.62. The van der Waals surface area contributed by atoms with E-state index in [1.54, 1.807) is 30.3 Å². The third-order valence-corrected chi connectivity index (χ3v) is 2.52. The maximum atomic E-state index is 11.8. The molecule has 90 valence electrons. The third-order valence-electron chi connectivity index (χ3n) is 1.80. The number of alkyl halides is 3. The van der Waals surface area contributed by atoms with E-state index >= 15 is 0 Å². The van der Waals surface area contributed by atoms with Crippen LogP contribution in [0.5, 0.6) is 0 Å². The summed E-state index contributed by atoms with van der Waals surface area (Å²) >= 11 is 21.4. The highest BCUT2D eigenvalue weighted by molar-refractivity contribution is 7.78. The molecule has 0 radical (unpaired) electrons. The fourth-order valence-corrected chi connectivity index (χ4v) is 1.45. The van der Waals surface area contributed by atoms with Crippen LogP contribution in [0.2, 0.25) is 0 Å². The molecule has 0 aliphatic carbocycles. The Hall–Kier alpha value is -0.640. The number of halogens is 3. The van der Waals surface area contributed by atoms with Crippen molar-refractivity contribution in [2.75, 3.05) is 0 Å². The number of benzene rings is 1. The summed E-state index contributed by atoms with van der Waals surface area (Å²) in [6.45, 7) is 0. The van der Waals surface area contributed by atoms with E-state index < -0.39 is 15.9 Å². The van der Waals surface area contributed by atoms with Crippen LogP contribution in [-0.4, -0.2) is 21.0 Å². The molecular formula is C10H7Cl3N2OS. The van der Waals surface area contributed by atoms with Crippen molar-refractivity contribution in [1.29, 1.82) is 0 Å². The molecule has 0 unspecified atom stereocenters. The van der Waals surface area contributed by atoms with Crippen LogP contribution >= 0.6 is 47.0 Å². The van der Waals surface area contributed by atoms with Crippen LogP contribution in [0.1, 0.15) is 10.4 Å². The van der Waals surface area contributed by atoms with Gasteiger partial charge in [-0.15, -0.1) is 0 Å². The van der Waals surface area contributed by atoms with Crippen molar-refractivity contribution in [3.05, 3.63) is 35.9 Å². The lowest BCUT2D eigenvalue weighted by molar-refractivity contribution is 0.0939. The van der Waals surface area contributed by atoms with Gasteiger partial charge < -0.3 is 5.32 Å². The molecule has 1 aromatic carbocycles. The molecule has 0 saturated carbocycles. The SMILES string of the molecule is O=C(N[C@H](N=C=S)C(Cl)(Cl)Cl)c1ccccc1. The van der Waals surface area contributed by atoms with E-state index in [9.17, 15) is 4.79 Å². The smallest absolute Gasteiger partial charge is 0.253 e. The molecular weight excluding hydrogens is 303 g/mol. The second-order valence-electron chi connectivity index (χ2n) is 3.00. The van der Waals surface area contributed by atoms with Gasteiger partial charge in [0, 0.05) is 5.56 Å². The molecule has 17 heavy (non-hydrogen) atoms. The van der Waals surface area contributed by atoms with Gasteiger partial charge in [-0.05, 0) is 24.4 Å². The highest BCUT2D eigenvalue weighted by Gasteiger charge is 2.33. The summed E-state index contributed by atoms with van der Waals surface area (Å²) in [6.07, 6.45) is -1.07. The van der Waals surface area contributed by atoms with Crippen LogP contribution in [-0.2, 0) is 0 Å². The molecule has 0 aromatic heterocycles. The van der Waals surface area contributed by atoms with Crippen LogP contribution in [0.15, 0.2) is 35.3 Å². The lowest BCUT2D eigenvalue weighted by Crippen LogP contribution is -2.42. The minimum Gasteiger partial charge on any atom is -0.326 e. The molecule has 1 atom stereocenters. The van der Waals surface area contributed by atoms with Crippen molar-refractivity contribution >= 4 is 58.1 Å². The minimum absolute atomic E-state index is 0.407. The van der Waals surface area contributed by atoms with Crippen LogP contribution in [0.4, 0.5) is 0 Å². The first kappa shape index (κ1) is 14.4. The van der Waals surface area contributed by atoms with Gasteiger partial charge in [-0.1, -0.05) is 53.0 Å². The van der Waals surface area contributed by atoms with Gasteiger partial charge in [-0.2, -0.15) is 0 Å². The van der Waals surface area contributed by atoms with Crippen LogP contribution < -0.4 is 5.32 Å². The highest BCUT2D eigenvalue weighted by Crippen LogP contribution is 2.30. The molecule has 1 amide bonds. The van der Waals surface area contributed by atoms with E-state index in [4.69, 9.17) is 34.8 Å². The van der Waals surface area contributed by atoms with Crippen molar-refractivity contribution in [1.82, 2.24) is 5.32 Å². The molecule has 0 heterocycles. The van der Waals surface area contributed by atoms with Gasteiger partial charge in [-0.25, -0.2) is 4.99 Å². The van der Waals surface area contributed by atoms with Gasteiger partial charge >= 0.3 is 0 Å². The van der Waals surface area contributed by atoms with Crippen LogP contribution in [0, 0.1) is 0 Å². The predicted octanol–water partition coefficient (Wildman–Crippen LogP) is 3.22. The molecule has 1 rings (SSSR count). The number of carbonyl (C=O) groups is 1. The lowest BCUT2D eigenvalue weighted by Gasteiger charge is -2.20. The van der Waals surface area contributed by atoms with Crippen LogP contribution in [0.3, 0.4) is 0 Å². The van der Waals surface area contributed by atoms with Gasteiger partial charge in [0.25, 0.3) is 5.91 Å². The van der Waals surface area contributed by atoms with Crippen molar-refractivity contribution < 1.29 is 4.79 Å². The Morgan fingerprint density at radius 2 is 1.94 bits per heavy atom. The number of nitrogens with zero attached hydrogens (tertiary/aromatic N) is 1. The molecule has 0 saturated heterocycles. The molecule has 7 heteroatoms. The average Bonchev–Trinajstić information content (AvgIpc) is 2.28. The summed E-state index contributed by atoms with van der Waals surface area (Å²) in [5.41, 5.74) is 0.436. The Kier molecular flexibility index (Phi) is 5.37. The first-order chi connectivity index (χ1) is 7.95. The summed E-state index contributed by atoms with van der Waals surface area (Å²) < 4.78 is -1.78. The largest absolute Gasteiger partial charge is 0.326 e. The van der Waals surface area contributed by atoms with Crippen molar-refractivity contribution in [2.24, 2.45) is 4.99 Å². The zero-order chi connectivity index (χ0) is 12.9. The number of hydrogen-bond acceptors (Lipinski definition) is 3. The average molecular weight is 310 g/mol. The molecule has 0 fully saturated rings. The fourth-order valence-electron chi connectivity index (χ4n) is 1.04. The number of hydrogen-bond donors (Lipinski definition) is 1. The number of thiocarbonyl (C=S) groups is 1. The van der Waals surface area contributed by atoms with Gasteiger partial charge in [0.1, 0.15) is 0 Å². The number of nitrogens with one attached hydrogen (secondary N) is 1. The van der Waals surface area contributed by atoms with E-state index in [2.05, 4.69) is 27.7 Å². The Balaban J connectivity index is 2.82. The van der Waals surface area contributed by atoms with Gasteiger partial charge in [0.2, 0.25) is 3.79 Å². The monoisotopic (exact) mass is 308 g/mol. The molecule has 0 bridgehead atoms. The van der Waals surface area contributed by atoms with E-state index in [-0.39, 0.29) is 0 Å². The zero-order valence-corrected chi connectivity index (χ0v) is 11.4. The second kappa shape index (κ2) is 6.34. The Labute approximate surface area is 119 Å². The zero-order valence-electron chi connectivity index (χ0n) is 8.36. The molecule has 1 N–H and O–H groups in total. The van der Waals surface area contributed by atoms with Crippen molar-refractivity contribution in [3.8, 4) is 0 Å². The van der Waals surface area contributed by atoms with E-state index in [1.807, 2.05) is 0 Å². The topological polar surface area (TPSA) is 41.5 Å². The van der Waals surface area contributed by atoms with Crippen molar-refractivity contribution in [2.45, 2.75) is 9.96 Å². The number of rotatable bonds is 3. The fraction of sp³-hybridized carbons (Fsp3) is 0.200. The summed E-state index contributed by atoms with van der Waals surface area (Å²) in [5.74, 6) is -0.407. The quantitative estimate of drug-likeness (QED) is 0.529. The highest BCUT2D eigenvalue weighted by atomic mass is 35.6. The minimum atomic E-state index is -1.78. The predicted molar refractivity (Wildman–Crippen MR) is 73.0 cm³/mol. The summed E-state index contributed by atoms with van der Waals surface area (Å²) in [7, 11) is 0. The van der Waals surface area contributed by atoms with Crippen LogP contribution in [0.25, 0.3) is 0 Å². The van der Waals surface area contributed by atoms with Gasteiger partial charge in [-0.3, -0.25) is 4.79 Å². The Morgan fingerprint density at radius 3 is 2.41 bits per heavy atom. The number of aliphatic imine (C=N–C) groups is 1. The second-order valence-corrected chi connectivity index (χ2v) is 5.56. The molecule has 0 spiro atoms. The molecule has 1 aromatic rings. The van der Waals surface area contributed by atoms with Crippen molar-refractivity contribution in [3.63, 3.8) is 0 Å². The normalized spacial score (nSPS) is 12.4. The molecule has 3 nitrogen and oxygen atoms in total. The maximum absolute atomic E-state index is 11.8. The first-order valence-corrected chi connectivity index (χ1v) is 5.99. The summed E-state index contributed by atoms with van der Waals surface area (Å²) in [5, 5.41) is 4.52. The number of isothiocyanates is 1. The summed E-state index contributed by atoms with van der Waals surface area (Å²) in [4.78, 5) is 15.4. The van der Waals surface area contributed by atoms with Gasteiger partial charge in [0.15, 0.2) is 6.17 Å². The maximum Gasteiger partial charge on any atom is 0.253 e. The number of carbonyl (C=O) groups excluding carboxylic acids is 1. The van der Waals surface area contributed by atoms with E-state index in [0.29, 0.717) is 5.56 Å².